The van der Waals surface area contributed by atoms with Crippen molar-refractivity contribution in [3.63, 3.8) is 0 Å². The Balaban J connectivity index is 1.38. The minimum absolute atomic E-state index is 0.111. The van der Waals surface area contributed by atoms with Crippen molar-refractivity contribution in [2.24, 2.45) is 17.6 Å². The summed E-state index contributed by atoms with van der Waals surface area (Å²) in [6, 6.07) is 0. The van der Waals surface area contributed by atoms with Crippen molar-refractivity contribution in [2.45, 2.75) is 52.9 Å². The number of hydrogen-bond acceptors (Lipinski definition) is 7. The molecule has 2 aromatic rings. The number of nitrogens with zero attached hydrogens (tertiary/aromatic N) is 2. The lowest BCUT2D eigenvalue weighted by Crippen LogP contribution is -2.44. The molecule has 33 heavy (non-hydrogen) atoms. The number of hydrogen-bond donors (Lipinski definition) is 3. The number of primary amides is 1. The summed E-state index contributed by atoms with van der Waals surface area (Å²) in [6.07, 6.45) is 4.36. The van der Waals surface area contributed by atoms with Crippen LogP contribution in [-0.4, -0.2) is 47.2 Å². The molecule has 178 valence electrons. The second-order valence-electron chi connectivity index (χ2n) is 9.19. The highest BCUT2D eigenvalue weighted by Gasteiger charge is 2.31. The molecule has 0 saturated carbocycles. The van der Waals surface area contributed by atoms with Crippen molar-refractivity contribution in [3.05, 3.63) is 26.6 Å². The number of rotatable bonds is 6. The van der Waals surface area contributed by atoms with Crippen LogP contribution in [0.25, 0.3) is 0 Å². The van der Waals surface area contributed by atoms with Gasteiger partial charge >= 0.3 is 0 Å². The third kappa shape index (κ3) is 5.44. The Hall–Kier alpha value is -2.30. The van der Waals surface area contributed by atoms with Crippen LogP contribution in [0.15, 0.2) is 0 Å². The van der Waals surface area contributed by atoms with Gasteiger partial charge in [0, 0.05) is 16.3 Å². The summed E-state index contributed by atoms with van der Waals surface area (Å²) in [5.74, 6) is -0.390. The number of piperidine rings is 1. The molecule has 4 rings (SSSR count). The third-order valence-corrected chi connectivity index (χ3v) is 8.67. The fourth-order valence-corrected chi connectivity index (χ4v) is 6.86. The molecule has 1 saturated heterocycles. The molecule has 1 aliphatic carbocycles. The number of amides is 3. The quantitative estimate of drug-likeness (QED) is 0.575. The number of aryl methyl sites for hydroxylation is 2. The van der Waals surface area contributed by atoms with E-state index in [0.29, 0.717) is 28.2 Å². The van der Waals surface area contributed by atoms with Gasteiger partial charge in [0.15, 0.2) is 5.13 Å². The molecule has 3 amide bonds. The number of nitrogens with two attached hydrogens (primary N) is 1. The van der Waals surface area contributed by atoms with E-state index in [4.69, 9.17) is 5.73 Å². The number of carbonyl (C=O) groups is 3. The SMILES string of the molecule is Cc1nc(NC(=O)CN2CCCC(C(=O)Nc3sc4c(c3C(N)=O)CCC(C)C4)C2)sc1C. The first kappa shape index (κ1) is 23.8. The number of anilines is 2. The minimum atomic E-state index is -0.480. The maximum absolute atomic E-state index is 13.1. The molecule has 3 heterocycles. The van der Waals surface area contributed by atoms with E-state index >= 15 is 0 Å². The predicted octanol–water partition coefficient (Wildman–Crippen LogP) is 3.33. The van der Waals surface area contributed by atoms with Crippen LogP contribution in [0.5, 0.6) is 0 Å². The van der Waals surface area contributed by atoms with E-state index in [0.717, 1.165) is 59.7 Å². The molecule has 2 unspecified atom stereocenters. The van der Waals surface area contributed by atoms with E-state index in [9.17, 15) is 14.4 Å². The molecule has 1 aliphatic heterocycles. The first-order chi connectivity index (χ1) is 15.7. The Labute approximate surface area is 202 Å². The summed E-state index contributed by atoms with van der Waals surface area (Å²) >= 11 is 2.95. The molecule has 10 heteroatoms. The van der Waals surface area contributed by atoms with Crippen LogP contribution < -0.4 is 16.4 Å². The molecule has 0 spiro atoms. The van der Waals surface area contributed by atoms with Gasteiger partial charge in [-0.2, -0.15) is 0 Å². The monoisotopic (exact) mass is 489 g/mol. The summed E-state index contributed by atoms with van der Waals surface area (Å²) in [4.78, 5) is 46.3. The highest BCUT2D eigenvalue weighted by molar-refractivity contribution is 7.17. The lowest BCUT2D eigenvalue weighted by Gasteiger charge is -2.31. The van der Waals surface area contributed by atoms with Crippen LogP contribution >= 0.6 is 22.7 Å². The zero-order valence-corrected chi connectivity index (χ0v) is 21.0. The van der Waals surface area contributed by atoms with E-state index in [2.05, 4.69) is 22.5 Å². The number of thiazole rings is 1. The number of carbonyl (C=O) groups excluding carboxylic acids is 3. The number of aromatic nitrogens is 1. The van der Waals surface area contributed by atoms with Gasteiger partial charge in [0.05, 0.1) is 23.7 Å². The molecule has 0 radical (unpaired) electrons. The summed E-state index contributed by atoms with van der Waals surface area (Å²) in [5.41, 5.74) is 8.10. The van der Waals surface area contributed by atoms with Crippen LogP contribution in [-0.2, 0) is 22.4 Å². The Bertz CT molecular complexity index is 1060. The van der Waals surface area contributed by atoms with Gasteiger partial charge < -0.3 is 16.4 Å². The fourth-order valence-electron chi connectivity index (χ4n) is 4.61. The number of nitrogens with one attached hydrogen (secondary N) is 2. The normalized spacial score (nSPS) is 20.8. The minimum Gasteiger partial charge on any atom is -0.365 e. The van der Waals surface area contributed by atoms with Crippen LogP contribution in [0.2, 0.25) is 0 Å². The number of fused-ring (bicyclic) bond motifs is 1. The van der Waals surface area contributed by atoms with Crippen LogP contribution in [0.3, 0.4) is 0 Å². The van der Waals surface area contributed by atoms with Gasteiger partial charge in [-0.15, -0.1) is 22.7 Å². The van der Waals surface area contributed by atoms with Crippen LogP contribution in [0.4, 0.5) is 10.1 Å². The largest absolute Gasteiger partial charge is 0.365 e. The Morgan fingerprint density at radius 2 is 1.97 bits per heavy atom. The molecule has 0 aromatic carbocycles. The van der Waals surface area contributed by atoms with E-state index in [-0.39, 0.29) is 24.3 Å². The molecule has 2 aliphatic rings. The maximum Gasteiger partial charge on any atom is 0.251 e. The van der Waals surface area contributed by atoms with Gasteiger partial charge in [0.2, 0.25) is 11.8 Å². The Morgan fingerprint density at radius 1 is 1.18 bits per heavy atom. The van der Waals surface area contributed by atoms with Crippen molar-refractivity contribution >= 4 is 50.5 Å². The van der Waals surface area contributed by atoms with Crippen molar-refractivity contribution in [1.29, 1.82) is 0 Å². The molecule has 1 fully saturated rings. The first-order valence-corrected chi connectivity index (χ1v) is 13.1. The lowest BCUT2D eigenvalue weighted by atomic mass is 9.88. The predicted molar refractivity (Wildman–Crippen MR) is 132 cm³/mol. The summed E-state index contributed by atoms with van der Waals surface area (Å²) < 4.78 is 0. The molecule has 4 N–H and O–H groups in total. The van der Waals surface area contributed by atoms with Gasteiger partial charge in [-0.05, 0) is 64.0 Å². The second kappa shape index (κ2) is 9.90. The van der Waals surface area contributed by atoms with Gasteiger partial charge in [0.25, 0.3) is 5.91 Å². The van der Waals surface area contributed by atoms with Gasteiger partial charge in [-0.25, -0.2) is 4.98 Å². The number of likely N-dealkylation sites (tertiary alicyclic amines) is 1. The zero-order chi connectivity index (χ0) is 23.7. The van der Waals surface area contributed by atoms with E-state index in [1.807, 2.05) is 18.7 Å². The molecular formula is C23H31N5O3S2. The molecule has 2 aromatic heterocycles. The number of thiophene rings is 1. The van der Waals surface area contributed by atoms with Gasteiger partial charge in [-0.1, -0.05) is 6.92 Å². The van der Waals surface area contributed by atoms with Crippen molar-refractivity contribution in [1.82, 2.24) is 9.88 Å². The third-order valence-electron chi connectivity index (χ3n) is 6.51. The van der Waals surface area contributed by atoms with E-state index < -0.39 is 5.91 Å². The average Bonchev–Trinajstić information content (AvgIpc) is 3.25. The highest BCUT2D eigenvalue weighted by Crippen LogP contribution is 2.39. The standard InChI is InChI=1S/C23H31N5O3S2/c1-12-6-7-16-17(9-12)33-22(19(16)20(24)30)27-21(31)15-5-4-8-28(10-15)11-18(29)26-23-25-13(2)14(3)32-23/h12,15H,4-11H2,1-3H3,(H2,24,30)(H,27,31)(H,25,26,29). The Morgan fingerprint density at radius 3 is 2.67 bits per heavy atom. The summed E-state index contributed by atoms with van der Waals surface area (Å²) in [5, 5.41) is 7.05. The fraction of sp³-hybridized carbons (Fsp3) is 0.565. The lowest BCUT2D eigenvalue weighted by molar-refractivity contribution is -0.123. The molecule has 0 bridgehead atoms. The van der Waals surface area contributed by atoms with Gasteiger partial charge in [-0.3, -0.25) is 19.3 Å². The van der Waals surface area contributed by atoms with Crippen molar-refractivity contribution in [3.8, 4) is 0 Å². The summed E-state index contributed by atoms with van der Waals surface area (Å²) in [7, 11) is 0. The van der Waals surface area contributed by atoms with Crippen molar-refractivity contribution < 1.29 is 14.4 Å². The van der Waals surface area contributed by atoms with Crippen molar-refractivity contribution in [2.75, 3.05) is 30.3 Å². The second-order valence-corrected chi connectivity index (χ2v) is 11.5. The maximum atomic E-state index is 13.1. The van der Waals surface area contributed by atoms with Crippen LogP contribution in [0, 0.1) is 25.7 Å². The Kier molecular flexibility index (Phi) is 7.16. The molecule has 8 nitrogen and oxygen atoms in total. The summed E-state index contributed by atoms with van der Waals surface area (Å²) in [6.45, 7) is 7.59. The smallest absolute Gasteiger partial charge is 0.251 e. The zero-order valence-electron chi connectivity index (χ0n) is 19.3. The van der Waals surface area contributed by atoms with Crippen LogP contribution in [0.1, 0.15) is 57.6 Å². The van der Waals surface area contributed by atoms with Gasteiger partial charge in [0.1, 0.15) is 5.00 Å². The molecule has 2 atom stereocenters. The highest BCUT2D eigenvalue weighted by atomic mass is 32.1. The first-order valence-electron chi connectivity index (χ1n) is 11.4. The average molecular weight is 490 g/mol. The van der Waals surface area contributed by atoms with E-state index in [1.54, 1.807) is 0 Å². The molecular weight excluding hydrogens is 458 g/mol. The topological polar surface area (TPSA) is 117 Å². The van der Waals surface area contributed by atoms with E-state index in [1.165, 1.54) is 22.7 Å².